The molecule has 0 rings (SSSR count). The molecule has 0 spiro atoms. The Morgan fingerprint density at radius 2 is 2.14 bits per heavy atom. The summed E-state index contributed by atoms with van der Waals surface area (Å²) < 4.78 is 15.0. The molecule has 8 heteroatoms. The first-order valence-corrected chi connectivity index (χ1v) is 5.76. The van der Waals surface area contributed by atoms with Gasteiger partial charge < -0.3 is 19.6 Å². The van der Waals surface area contributed by atoms with Gasteiger partial charge in [-0.1, -0.05) is 0 Å². The highest BCUT2D eigenvalue weighted by Gasteiger charge is 2.22. The van der Waals surface area contributed by atoms with Gasteiger partial charge in [-0.2, -0.15) is 0 Å². The number of ether oxygens (including phenoxy) is 1. The third kappa shape index (κ3) is 6.06. The first-order valence-electron chi connectivity index (χ1n) is 3.96. The Kier molecular flexibility index (Phi) is 5.90. The zero-order valence-corrected chi connectivity index (χ0v) is 8.61. The van der Waals surface area contributed by atoms with Crippen LogP contribution < -0.4 is 5.32 Å². The summed E-state index contributed by atoms with van der Waals surface area (Å²) in [4.78, 5) is 28.0. The van der Waals surface area contributed by atoms with Gasteiger partial charge in [-0.05, 0) is 6.92 Å². The molecule has 0 heterocycles. The molecule has 0 aromatic heterocycles. The number of carbonyl (C=O) groups excluding carboxylic acids is 1. The Labute approximate surface area is 81.2 Å². The largest absolute Gasteiger partial charge is 0.465 e. The first kappa shape index (κ1) is 13.5. The number of aliphatic hydroxyl groups excluding tert-OH is 1. The summed E-state index contributed by atoms with van der Waals surface area (Å²) >= 11 is 0. The van der Waals surface area contributed by atoms with Gasteiger partial charge in [-0.15, -0.1) is 0 Å². The van der Waals surface area contributed by atoms with E-state index >= 15 is 0 Å². The standard InChI is InChI=1S/C6H14NO6P/c1-2-13-6(9)5(3-8)7-4-14(10,11)12/h5,7-8H,2-4H2,1H3,(H2,10,11,12). The molecule has 0 aliphatic carbocycles. The molecule has 7 nitrogen and oxygen atoms in total. The summed E-state index contributed by atoms with van der Waals surface area (Å²) in [5.41, 5.74) is 0. The molecule has 0 aromatic rings. The predicted octanol–water partition coefficient (Wildman–Crippen LogP) is -1.36. The highest BCUT2D eigenvalue weighted by molar-refractivity contribution is 7.51. The van der Waals surface area contributed by atoms with Crippen LogP contribution in [0.15, 0.2) is 0 Å². The van der Waals surface area contributed by atoms with Crippen molar-refractivity contribution in [2.45, 2.75) is 13.0 Å². The minimum Gasteiger partial charge on any atom is -0.465 e. The second-order valence-electron chi connectivity index (χ2n) is 2.51. The molecular formula is C6H14NO6P. The molecule has 84 valence electrons. The SMILES string of the molecule is CCOC(=O)C(CO)NCP(=O)(O)O. The van der Waals surface area contributed by atoms with Crippen LogP contribution in [0.25, 0.3) is 0 Å². The quantitative estimate of drug-likeness (QED) is 0.327. The third-order valence-corrected chi connectivity index (χ3v) is 1.89. The van der Waals surface area contributed by atoms with Crippen LogP contribution in [0.3, 0.4) is 0 Å². The molecular weight excluding hydrogens is 213 g/mol. The van der Waals surface area contributed by atoms with E-state index in [0.717, 1.165) is 0 Å². The van der Waals surface area contributed by atoms with E-state index in [9.17, 15) is 9.36 Å². The van der Waals surface area contributed by atoms with E-state index in [1.165, 1.54) is 0 Å². The Morgan fingerprint density at radius 3 is 2.50 bits per heavy atom. The minimum absolute atomic E-state index is 0.146. The van der Waals surface area contributed by atoms with Crippen molar-refractivity contribution in [1.82, 2.24) is 5.32 Å². The Balaban J connectivity index is 4.03. The minimum atomic E-state index is -4.22. The van der Waals surface area contributed by atoms with Crippen LogP contribution in [0.4, 0.5) is 0 Å². The Morgan fingerprint density at radius 1 is 1.57 bits per heavy atom. The van der Waals surface area contributed by atoms with E-state index in [4.69, 9.17) is 14.9 Å². The summed E-state index contributed by atoms with van der Waals surface area (Å²) in [5.74, 6) is -0.733. The van der Waals surface area contributed by atoms with Crippen LogP contribution in [0.2, 0.25) is 0 Å². The van der Waals surface area contributed by atoms with Gasteiger partial charge in [0.1, 0.15) is 6.04 Å². The van der Waals surface area contributed by atoms with E-state index < -0.39 is 32.5 Å². The van der Waals surface area contributed by atoms with Crippen molar-refractivity contribution in [1.29, 1.82) is 0 Å². The molecule has 0 saturated carbocycles. The van der Waals surface area contributed by atoms with Gasteiger partial charge >= 0.3 is 13.6 Å². The summed E-state index contributed by atoms with van der Waals surface area (Å²) in [5, 5.41) is 10.9. The monoisotopic (exact) mass is 227 g/mol. The Bertz CT molecular complexity index is 226. The number of hydrogen-bond donors (Lipinski definition) is 4. The third-order valence-electron chi connectivity index (χ3n) is 1.30. The predicted molar refractivity (Wildman–Crippen MR) is 47.6 cm³/mol. The summed E-state index contributed by atoms with van der Waals surface area (Å²) in [6, 6.07) is -1.09. The van der Waals surface area contributed by atoms with Gasteiger partial charge in [0, 0.05) is 0 Å². The number of hydrogen-bond acceptors (Lipinski definition) is 5. The average molecular weight is 227 g/mol. The lowest BCUT2D eigenvalue weighted by Gasteiger charge is -2.14. The molecule has 0 saturated heterocycles. The van der Waals surface area contributed by atoms with E-state index in [1.54, 1.807) is 6.92 Å². The van der Waals surface area contributed by atoms with Gasteiger partial charge in [-0.3, -0.25) is 14.7 Å². The highest BCUT2D eigenvalue weighted by Crippen LogP contribution is 2.32. The molecule has 4 N–H and O–H groups in total. The fourth-order valence-corrected chi connectivity index (χ4v) is 1.15. The molecule has 14 heavy (non-hydrogen) atoms. The summed E-state index contributed by atoms with van der Waals surface area (Å²) in [6.45, 7) is 1.17. The molecule has 0 radical (unpaired) electrons. The van der Waals surface area contributed by atoms with Gasteiger partial charge in [0.25, 0.3) is 0 Å². The summed E-state index contributed by atoms with van der Waals surface area (Å²) in [7, 11) is -4.22. The van der Waals surface area contributed by atoms with Gasteiger partial charge in [0.15, 0.2) is 0 Å². The number of rotatable bonds is 6. The van der Waals surface area contributed by atoms with Crippen LogP contribution in [-0.2, 0) is 14.1 Å². The van der Waals surface area contributed by atoms with E-state index in [1.807, 2.05) is 0 Å². The van der Waals surface area contributed by atoms with E-state index in [0.29, 0.717) is 0 Å². The molecule has 1 atom stereocenters. The van der Waals surface area contributed by atoms with Crippen LogP contribution in [-0.4, -0.2) is 46.4 Å². The maximum absolute atomic E-state index is 11.0. The maximum atomic E-state index is 11.0. The van der Waals surface area contributed by atoms with Crippen molar-refractivity contribution in [3.63, 3.8) is 0 Å². The van der Waals surface area contributed by atoms with Gasteiger partial charge in [-0.25, -0.2) is 0 Å². The van der Waals surface area contributed by atoms with Crippen molar-refractivity contribution in [2.75, 3.05) is 19.5 Å². The van der Waals surface area contributed by atoms with Crippen molar-refractivity contribution in [3.05, 3.63) is 0 Å². The van der Waals surface area contributed by atoms with Crippen LogP contribution in [0.1, 0.15) is 6.92 Å². The molecule has 1 unspecified atom stereocenters. The van der Waals surface area contributed by atoms with Crippen molar-refractivity contribution < 1.29 is 29.0 Å². The molecule has 0 aromatic carbocycles. The summed E-state index contributed by atoms with van der Waals surface area (Å²) in [6.07, 6.45) is -0.670. The first-order chi connectivity index (χ1) is 6.40. The average Bonchev–Trinajstić information content (AvgIpc) is 2.03. The lowest BCUT2D eigenvalue weighted by molar-refractivity contribution is -0.146. The molecule has 0 amide bonds. The molecule has 0 fully saturated rings. The zero-order chi connectivity index (χ0) is 11.2. The smallest absolute Gasteiger partial charge is 0.339 e. The number of aliphatic hydroxyl groups is 1. The number of carbonyl (C=O) groups is 1. The van der Waals surface area contributed by atoms with Crippen LogP contribution >= 0.6 is 7.60 Å². The normalized spacial score (nSPS) is 13.7. The van der Waals surface area contributed by atoms with Crippen LogP contribution in [0.5, 0.6) is 0 Å². The van der Waals surface area contributed by atoms with Crippen molar-refractivity contribution in [3.8, 4) is 0 Å². The van der Waals surface area contributed by atoms with E-state index in [-0.39, 0.29) is 6.61 Å². The van der Waals surface area contributed by atoms with Gasteiger partial charge in [0.2, 0.25) is 0 Å². The number of esters is 1. The van der Waals surface area contributed by atoms with Crippen molar-refractivity contribution in [2.24, 2.45) is 0 Å². The second kappa shape index (κ2) is 6.10. The molecule has 0 bridgehead atoms. The highest BCUT2D eigenvalue weighted by atomic mass is 31.2. The number of nitrogens with one attached hydrogen (secondary N) is 1. The topological polar surface area (TPSA) is 116 Å². The maximum Gasteiger partial charge on any atom is 0.339 e. The fourth-order valence-electron chi connectivity index (χ4n) is 0.694. The lowest BCUT2D eigenvalue weighted by atomic mass is 10.3. The fraction of sp³-hybridized carbons (Fsp3) is 0.833. The van der Waals surface area contributed by atoms with Crippen LogP contribution in [0, 0.1) is 0 Å². The zero-order valence-electron chi connectivity index (χ0n) is 7.71. The Hall–Kier alpha value is -0.460. The van der Waals surface area contributed by atoms with E-state index in [2.05, 4.69) is 10.1 Å². The lowest BCUT2D eigenvalue weighted by Crippen LogP contribution is -2.41. The van der Waals surface area contributed by atoms with Crippen molar-refractivity contribution >= 4 is 13.6 Å². The molecule has 0 aliphatic rings. The van der Waals surface area contributed by atoms with Gasteiger partial charge in [0.05, 0.1) is 19.5 Å². The second-order valence-corrected chi connectivity index (χ2v) is 4.16. The molecule has 0 aliphatic heterocycles.